The fraction of sp³-hybridized carbons (Fsp3) is 0.308. The van der Waals surface area contributed by atoms with Gasteiger partial charge in [0.2, 0.25) is 0 Å². The van der Waals surface area contributed by atoms with E-state index >= 15 is 0 Å². The van der Waals surface area contributed by atoms with E-state index < -0.39 is 5.97 Å². The van der Waals surface area contributed by atoms with Crippen LogP contribution in [0.4, 0.5) is 0 Å². The number of aromatic carboxylic acids is 1. The molecule has 0 saturated heterocycles. The third-order valence-corrected chi connectivity index (χ3v) is 3.62. The summed E-state index contributed by atoms with van der Waals surface area (Å²) < 4.78 is 11.4. The van der Waals surface area contributed by atoms with Gasteiger partial charge in [-0.1, -0.05) is 5.16 Å². The molecule has 0 radical (unpaired) electrons. The summed E-state index contributed by atoms with van der Waals surface area (Å²) in [5.41, 5.74) is 0.124. The molecule has 0 amide bonds. The van der Waals surface area contributed by atoms with Crippen molar-refractivity contribution >= 4 is 28.6 Å². The molecule has 0 bridgehead atoms. The van der Waals surface area contributed by atoms with E-state index in [1.807, 2.05) is 0 Å². The molecule has 0 unspecified atom stereocenters. The van der Waals surface area contributed by atoms with Crippen molar-refractivity contribution < 1.29 is 19.2 Å². The highest BCUT2D eigenvalue weighted by molar-refractivity contribution is 14.1. The summed E-state index contributed by atoms with van der Waals surface area (Å²) in [5.74, 6) is 0.763. The predicted octanol–water partition coefficient (Wildman–Crippen LogP) is 2.83. The second kappa shape index (κ2) is 5.39. The van der Waals surface area contributed by atoms with Crippen LogP contribution < -0.4 is 4.74 Å². The van der Waals surface area contributed by atoms with Gasteiger partial charge in [0.15, 0.2) is 12.4 Å². The van der Waals surface area contributed by atoms with Gasteiger partial charge in [-0.3, -0.25) is 0 Å². The van der Waals surface area contributed by atoms with Crippen LogP contribution in [-0.2, 0) is 6.61 Å². The Morgan fingerprint density at radius 1 is 1.50 bits per heavy atom. The minimum absolute atomic E-state index is 0.0700. The highest BCUT2D eigenvalue weighted by atomic mass is 127. The monoisotopic (exact) mass is 386 g/mol. The lowest BCUT2D eigenvalue weighted by Crippen LogP contribution is -2.04. The molecule has 1 aromatic heterocycles. The molecule has 20 heavy (non-hydrogen) atoms. The van der Waals surface area contributed by atoms with E-state index in [0.29, 0.717) is 23.4 Å². The topological polar surface area (TPSA) is 85.5 Å². The first-order valence-electron chi connectivity index (χ1n) is 6.11. The molecule has 1 fully saturated rings. The molecule has 1 saturated carbocycles. The smallest absolute Gasteiger partial charge is 0.339 e. The zero-order chi connectivity index (χ0) is 14.1. The summed E-state index contributed by atoms with van der Waals surface area (Å²) in [6.45, 7) is 0.0700. The third-order valence-electron chi connectivity index (χ3n) is 2.95. The van der Waals surface area contributed by atoms with Gasteiger partial charge >= 0.3 is 5.97 Å². The Bertz CT molecular complexity index is 652. The van der Waals surface area contributed by atoms with Crippen molar-refractivity contribution in [3.8, 4) is 5.75 Å². The van der Waals surface area contributed by atoms with Crippen molar-refractivity contribution in [1.82, 2.24) is 10.1 Å². The molecule has 0 atom stereocenters. The lowest BCUT2D eigenvalue weighted by molar-refractivity contribution is 0.0691. The molecular formula is C13H11IN2O4. The van der Waals surface area contributed by atoms with Crippen molar-refractivity contribution in [3.05, 3.63) is 39.0 Å². The molecule has 7 heteroatoms. The van der Waals surface area contributed by atoms with E-state index in [-0.39, 0.29) is 12.2 Å². The van der Waals surface area contributed by atoms with Crippen LogP contribution in [0.3, 0.4) is 0 Å². The zero-order valence-electron chi connectivity index (χ0n) is 10.4. The average molecular weight is 386 g/mol. The van der Waals surface area contributed by atoms with E-state index in [9.17, 15) is 4.79 Å². The Balaban J connectivity index is 1.72. The Morgan fingerprint density at radius 3 is 3.00 bits per heavy atom. The normalized spacial score (nSPS) is 14.2. The number of benzene rings is 1. The predicted molar refractivity (Wildman–Crippen MR) is 76.7 cm³/mol. The minimum Gasteiger partial charge on any atom is -0.483 e. The summed E-state index contributed by atoms with van der Waals surface area (Å²) in [5, 5.41) is 13.0. The summed E-state index contributed by atoms with van der Waals surface area (Å²) >= 11 is 2.05. The standard InChI is InChI=1S/C13H11IN2O4/c14-8-3-4-10(9(5-8)13(17)18)19-6-11-15-12(16-20-11)7-1-2-7/h3-5,7H,1-2,6H2,(H,17,18). The van der Waals surface area contributed by atoms with Gasteiger partial charge < -0.3 is 14.4 Å². The SMILES string of the molecule is O=C(O)c1cc(I)ccc1OCc1nc(C2CC2)no1. The maximum Gasteiger partial charge on any atom is 0.339 e. The van der Waals surface area contributed by atoms with Crippen LogP contribution in [-0.4, -0.2) is 21.2 Å². The molecule has 1 N–H and O–H groups in total. The number of carboxylic acid groups (broad SMARTS) is 1. The van der Waals surface area contributed by atoms with Gasteiger partial charge in [0, 0.05) is 9.49 Å². The fourth-order valence-electron chi connectivity index (χ4n) is 1.77. The average Bonchev–Trinajstić information content (AvgIpc) is 3.17. The first kappa shape index (κ1) is 13.3. The van der Waals surface area contributed by atoms with Gasteiger partial charge in [0.1, 0.15) is 11.3 Å². The first-order valence-corrected chi connectivity index (χ1v) is 7.19. The van der Waals surface area contributed by atoms with Gasteiger partial charge in [-0.2, -0.15) is 4.98 Å². The maximum atomic E-state index is 11.2. The van der Waals surface area contributed by atoms with Crippen molar-refractivity contribution in [3.63, 3.8) is 0 Å². The van der Waals surface area contributed by atoms with Gasteiger partial charge in [-0.05, 0) is 53.6 Å². The fourth-order valence-corrected chi connectivity index (χ4v) is 2.26. The van der Waals surface area contributed by atoms with E-state index in [4.69, 9.17) is 14.4 Å². The van der Waals surface area contributed by atoms with Gasteiger partial charge in [-0.25, -0.2) is 4.79 Å². The number of ether oxygens (including phenoxy) is 1. The van der Waals surface area contributed by atoms with Gasteiger partial charge in [0.05, 0.1) is 0 Å². The maximum absolute atomic E-state index is 11.2. The number of hydrogen-bond donors (Lipinski definition) is 1. The van der Waals surface area contributed by atoms with Crippen LogP contribution in [0.25, 0.3) is 0 Å². The molecule has 104 valence electrons. The summed E-state index contributed by atoms with van der Waals surface area (Å²) in [6, 6.07) is 4.97. The van der Waals surface area contributed by atoms with Crippen molar-refractivity contribution in [2.75, 3.05) is 0 Å². The molecule has 0 spiro atoms. The van der Waals surface area contributed by atoms with Gasteiger partial charge in [-0.15, -0.1) is 0 Å². The Hall–Kier alpha value is -1.64. The second-order valence-electron chi connectivity index (χ2n) is 4.55. The van der Waals surface area contributed by atoms with Crippen LogP contribution in [0.2, 0.25) is 0 Å². The quantitative estimate of drug-likeness (QED) is 0.796. The Labute approximate surface area is 128 Å². The minimum atomic E-state index is -1.03. The van der Waals surface area contributed by atoms with E-state index in [1.54, 1.807) is 18.2 Å². The van der Waals surface area contributed by atoms with E-state index in [1.165, 1.54) is 0 Å². The third kappa shape index (κ3) is 2.92. The van der Waals surface area contributed by atoms with Crippen molar-refractivity contribution in [1.29, 1.82) is 0 Å². The van der Waals surface area contributed by atoms with Crippen LogP contribution in [0.1, 0.15) is 40.8 Å². The van der Waals surface area contributed by atoms with Crippen molar-refractivity contribution in [2.45, 2.75) is 25.4 Å². The Morgan fingerprint density at radius 2 is 2.30 bits per heavy atom. The van der Waals surface area contributed by atoms with E-state index in [2.05, 4.69) is 32.7 Å². The lowest BCUT2D eigenvalue weighted by Gasteiger charge is -2.07. The van der Waals surface area contributed by atoms with Crippen LogP contribution in [0.15, 0.2) is 22.7 Å². The molecule has 1 aromatic carbocycles. The number of hydrogen-bond acceptors (Lipinski definition) is 5. The van der Waals surface area contributed by atoms with Crippen LogP contribution >= 0.6 is 22.6 Å². The number of carboxylic acids is 1. The molecule has 6 nitrogen and oxygen atoms in total. The molecule has 0 aliphatic heterocycles. The molecule has 1 aliphatic rings. The Kier molecular flexibility index (Phi) is 3.60. The highest BCUT2D eigenvalue weighted by Gasteiger charge is 2.28. The zero-order valence-corrected chi connectivity index (χ0v) is 12.5. The van der Waals surface area contributed by atoms with Gasteiger partial charge in [0.25, 0.3) is 5.89 Å². The summed E-state index contributed by atoms with van der Waals surface area (Å²) in [7, 11) is 0. The largest absolute Gasteiger partial charge is 0.483 e. The lowest BCUT2D eigenvalue weighted by atomic mass is 10.2. The number of halogens is 1. The number of nitrogens with zero attached hydrogens (tertiary/aromatic N) is 2. The number of carbonyl (C=O) groups is 1. The molecule has 3 rings (SSSR count). The van der Waals surface area contributed by atoms with Crippen molar-refractivity contribution in [2.24, 2.45) is 0 Å². The molecule has 2 aromatic rings. The van der Waals surface area contributed by atoms with Crippen LogP contribution in [0.5, 0.6) is 5.75 Å². The first-order chi connectivity index (χ1) is 9.63. The number of rotatable bonds is 5. The highest BCUT2D eigenvalue weighted by Crippen LogP contribution is 2.38. The molecule has 1 aliphatic carbocycles. The van der Waals surface area contributed by atoms with E-state index in [0.717, 1.165) is 16.4 Å². The van der Waals surface area contributed by atoms with Crippen LogP contribution in [0, 0.1) is 3.57 Å². The second-order valence-corrected chi connectivity index (χ2v) is 5.80. The molecular weight excluding hydrogens is 375 g/mol. The molecule has 1 heterocycles. The number of aromatic nitrogens is 2. The summed E-state index contributed by atoms with van der Waals surface area (Å²) in [6.07, 6.45) is 2.19. The summed E-state index contributed by atoms with van der Waals surface area (Å²) in [4.78, 5) is 15.4.